The fraction of sp³-hybridized carbons (Fsp3) is 0.500. The molecule has 1 aromatic rings. The molecule has 0 aliphatic heterocycles. The number of esters is 1. The van der Waals surface area contributed by atoms with Gasteiger partial charge in [0.25, 0.3) is 0 Å². The fourth-order valence-electron chi connectivity index (χ4n) is 1.55. The summed E-state index contributed by atoms with van der Waals surface area (Å²) in [5.41, 5.74) is 0. The van der Waals surface area contributed by atoms with Gasteiger partial charge in [-0.3, -0.25) is 4.52 Å². The summed E-state index contributed by atoms with van der Waals surface area (Å²) in [5, 5.41) is 2.89. The molecule has 1 rings (SSSR count). The highest BCUT2D eigenvalue weighted by molar-refractivity contribution is 7.54. The summed E-state index contributed by atoms with van der Waals surface area (Å²) in [7, 11) is -1.72. The lowest BCUT2D eigenvalue weighted by atomic mass is 10.3. The van der Waals surface area contributed by atoms with E-state index in [1.807, 2.05) is 6.07 Å². The van der Waals surface area contributed by atoms with Crippen LogP contribution in [0.4, 0.5) is 0 Å². The van der Waals surface area contributed by atoms with E-state index in [9.17, 15) is 9.36 Å². The highest BCUT2D eigenvalue weighted by Crippen LogP contribution is 2.49. The van der Waals surface area contributed by atoms with Crippen LogP contribution < -0.4 is 9.84 Å². The zero-order valence-corrected chi connectivity index (χ0v) is 13.5. The molecule has 7 heteroatoms. The predicted molar refractivity (Wildman–Crippen MR) is 80.7 cm³/mol. The molecular weight excluding hydrogens is 293 g/mol. The first-order chi connectivity index (χ1) is 10.0. The summed E-state index contributed by atoms with van der Waals surface area (Å²) >= 11 is 0. The average molecular weight is 315 g/mol. The smallest absolute Gasteiger partial charge is 0.381 e. The lowest BCUT2D eigenvalue weighted by molar-refractivity contribution is -0.150. The van der Waals surface area contributed by atoms with Crippen molar-refractivity contribution in [3.8, 4) is 5.75 Å². The van der Waals surface area contributed by atoms with Gasteiger partial charge in [0, 0.05) is 6.54 Å². The van der Waals surface area contributed by atoms with E-state index in [2.05, 4.69) is 5.32 Å². The van der Waals surface area contributed by atoms with Crippen LogP contribution in [0.2, 0.25) is 0 Å². The highest BCUT2D eigenvalue weighted by Gasteiger charge is 2.31. The van der Waals surface area contributed by atoms with Crippen LogP contribution in [0.1, 0.15) is 13.8 Å². The topological polar surface area (TPSA) is 73.9 Å². The number of rotatable bonds is 9. The molecule has 0 aliphatic rings. The molecule has 0 bridgehead atoms. The Hall–Kier alpha value is -1.36. The maximum Gasteiger partial charge on any atom is 0.381 e. The Labute approximate surface area is 125 Å². The first-order valence-electron chi connectivity index (χ1n) is 6.84. The van der Waals surface area contributed by atoms with Gasteiger partial charge < -0.3 is 14.6 Å². The lowest BCUT2D eigenvalue weighted by Crippen LogP contribution is -2.25. The number of nitrogens with one attached hydrogen (secondary N) is 1. The molecule has 2 atom stereocenters. The van der Waals surface area contributed by atoms with Crippen LogP contribution in [0.3, 0.4) is 0 Å². The third-order valence-corrected chi connectivity index (χ3v) is 4.46. The number of hydrogen-bond donors (Lipinski definition) is 1. The van der Waals surface area contributed by atoms with E-state index in [4.69, 9.17) is 13.8 Å². The molecular formula is C14H22NO5P. The van der Waals surface area contributed by atoms with Gasteiger partial charge in [-0.1, -0.05) is 18.2 Å². The number of hydrogen-bond acceptors (Lipinski definition) is 6. The average Bonchev–Trinajstić information content (AvgIpc) is 2.46. The van der Waals surface area contributed by atoms with Crippen molar-refractivity contribution in [1.29, 1.82) is 0 Å². The number of carbonyl (C=O) groups excluding carboxylic acids is 1. The van der Waals surface area contributed by atoms with E-state index < -0.39 is 19.7 Å². The predicted octanol–water partition coefficient (Wildman–Crippen LogP) is 2.45. The van der Waals surface area contributed by atoms with Gasteiger partial charge in [-0.25, -0.2) is 9.36 Å². The third kappa shape index (κ3) is 6.29. The third-order valence-electron chi connectivity index (χ3n) is 2.56. The number of para-hydroxylation sites is 1. The van der Waals surface area contributed by atoms with E-state index in [1.165, 1.54) is 6.92 Å². The summed E-state index contributed by atoms with van der Waals surface area (Å²) in [6, 6.07) is 8.74. The van der Waals surface area contributed by atoms with Crippen LogP contribution in [-0.4, -0.2) is 38.4 Å². The molecule has 118 valence electrons. The molecule has 0 spiro atoms. The monoisotopic (exact) mass is 315 g/mol. The molecule has 0 fully saturated rings. The van der Waals surface area contributed by atoms with Crippen molar-refractivity contribution in [3.63, 3.8) is 0 Å². The second-order valence-corrected chi connectivity index (χ2v) is 6.40. The fourth-order valence-corrected chi connectivity index (χ4v) is 3.30. The Morgan fingerprint density at radius 1 is 1.33 bits per heavy atom. The lowest BCUT2D eigenvalue weighted by Gasteiger charge is -2.22. The van der Waals surface area contributed by atoms with Gasteiger partial charge in [0.1, 0.15) is 5.75 Å². The van der Waals surface area contributed by atoms with E-state index >= 15 is 0 Å². The van der Waals surface area contributed by atoms with Gasteiger partial charge in [-0.2, -0.15) is 0 Å². The molecule has 0 saturated heterocycles. The summed E-state index contributed by atoms with van der Waals surface area (Å²) in [6.45, 7) is 3.89. The van der Waals surface area contributed by atoms with E-state index in [0.29, 0.717) is 12.3 Å². The van der Waals surface area contributed by atoms with Crippen LogP contribution >= 0.6 is 7.60 Å². The molecule has 0 radical (unpaired) electrons. The Kier molecular flexibility index (Phi) is 7.43. The van der Waals surface area contributed by atoms with Gasteiger partial charge in [0.2, 0.25) is 0 Å². The molecule has 0 aliphatic carbocycles. The Balaban J connectivity index is 2.78. The molecule has 0 amide bonds. The van der Waals surface area contributed by atoms with Gasteiger partial charge >= 0.3 is 13.6 Å². The summed E-state index contributed by atoms with van der Waals surface area (Å²) < 4.78 is 28.5. The largest absolute Gasteiger partial charge is 0.464 e. The molecule has 6 nitrogen and oxygen atoms in total. The van der Waals surface area contributed by atoms with Gasteiger partial charge in [-0.05, 0) is 33.0 Å². The van der Waals surface area contributed by atoms with E-state index in [1.54, 1.807) is 38.2 Å². The Bertz CT molecular complexity index is 480. The van der Waals surface area contributed by atoms with Crippen LogP contribution in [0.25, 0.3) is 0 Å². The van der Waals surface area contributed by atoms with Crippen LogP contribution in [0.15, 0.2) is 30.3 Å². The summed E-state index contributed by atoms with van der Waals surface area (Å²) in [6.07, 6.45) is -0.793. The molecule has 1 unspecified atom stereocenters. The first kappa shape index (κ1) is 17.7. The van der Waals surface area contributed by atoms with Crippen molar-refractivity contribution < 1.29 is 23.1 Å². The molecule has 1 aromatic carbocycles. The normalized spacial score (nSPS) is 15.0. The molecule has 1 N–H and O–H groups in total. The quantitative estimate of drug-likeness (QED) is 0.557. The second kappa shape index (κ2) is 8.82. The van der Waals surface area contributed by atoms with Crippen molar-refractivity contribution in [1.82, 2.24) is 5.32 Å². The summed E-state index contributed by atoms with van der Waals surface area (Å²) in [4.78, 5) is 11.6. The summed E-state index contributed by atoms with van der Waals surface area (Å²) in [5.74, 6) is -0.119. The number of benzene rings is 1. The Morgan fingerprint density at radius 2 is 2.00 bits per heavy atom. The maximum atomic E-state index is 12.8. The van der Waals surface area contributed by atoms with Crippen LogP contribution in [0.5, 0.6) is 5.75 Å². The minimum absolute atomic E-state index is 0.155. The van der Waals surface area contributed by atoms with Crippen molar-refractivity contribution in [2.45, 2.75) is 20.0 Å². The van der Waals surface area contributed by atoms with E-state index in [-0.39, 0.29) is 12.8 Å². The van der Waals surface area contributed by atoms with Gasteiger partial charge in [0.05, 0.1) is 12.8 Å². The standard InChI is InChI=1S/C14H22NO5P/c1-4-18-14(16)12(2)19-21(17,11-10-15-3)20-13-8-6-5-7-9-13/h5-9,12,15H,4,10-11H2,1-3H3/t12-,21?/m0/s1. The van der Waals surface area contributed by atoms with Crippen molar-refractivity contribution in [3.05, 3.63) is 30.3 Å². The van der Waals surface area contributed by atoms with Crippen molar-refractivity contribution >= 4 is 13.6 Å². The van der Waals surface area contributed by atoms with Crippen LogP contribution in [-0.2, 0) is 18.6 Å². The molecule has 0 saturated carbocycles. The van der Waals surface area contributed by atoms with Crippen LogP contribution in [0, 0.1) is 0 Å². The molecule has 0 aromatic heterocycles. The van der Waals surface area contributed by atoms with Crippen molar-refractivity contribution in [2.75, 3.05) is 26.4 Å². The van der Waals surface area contributed by atoms with Crippen molar-refractivity contribution in [2.24, 2.45) is 0 Å². The molecule has 21 heavy (non-hydrogen) atoms. The second-order valence-electron chi connectivity index (χ2n) is 4.34. The molecule has 0 heterocycles. The number of ether oxygens (including phenoxy) is 1. The zero-order chi connectivity index (χ0) is 15.7. The SMILES string of the molecule is CCOC(=O)[C@H](C)OP(=O)(CCNC)Oc1ccccc1. The van der Waals surface area contributed by atoms with E-state index in [0.717, 1.165) is 0 Å². The zero-order valence-electron chi connectivity index (χ0n) is 12.6. The minimum atomic E-state index is -3.45. The first-order valence-corrected chi connectivity index (χ1v) is 8.57. The highest BCUT2D eigenvalue weighted by atomic mass is 31.2. The minimum Gasteiger partial charge on any atom is -0.464 e. The number of carbonyl (C=O) groups is 1. The van der Waals surface area contributed by atoms with Gasteiger partial charge in [-0.15, -0.1) is 0 Å². The maximum absolute atomic E-state index is 12.8. The van der Waals surface area contributed by atoms with Gasteiger partial charge in [0.15, 0.2) is 6.10 Å². The Morgan fingerprint density at radius 3 is 2.57 bits per heavy atom.